The fourth-order valence-corrected chi connectivity index (χ4v) is 4.27. The van der Waals surface area contributed by atoms with Crippen molar-refractivity contribution in [1.82, 2.24) is 24.6 Å². The fraction of sp³-hybridized carbons (Fsp3) is 0.435. The largest absolute Gasteiger partial charge is 0.433 e. The average molecular weight is 455 g/mol. The van der Waals surface area contributed by atoms with Gasteiger partial charge in [-0.05, 0) is 38.1 Å². The van der Waals surface area contributed by atoms with Gasteiger partial charge in [0.05, 0.1) is 43.5 Å². The Morgan fingerprint density at radius 3 is 2.82 bits per heavy atom. The topological polar surface area (TPSA) is 112 Å². The molecule has 0 radical (unpaired) electrons. The van der Waals surface area contributed by atoms with Crippen LogP contribution in [0.25, 0.3) is 11.3 Å². The summed E-state index contributed by atoms with van der Waals surface area (Å²) in [4.78, 5) is 10.8. The van der Waals surface area contributed by atoms with Crippen LogP contribution < -0.4 is 10.5 Å². The summed E-state index contributed by atoms with van der Waals surface area (Å²) in [7, 11) is 1.91. The van der Waals surface area contributed by atoms with Crippen LogP contribution in [0, 0.1) is 6.92 Å². The van der Waals surface area contributed by atoms with Crippen molar-refractivity contribution in [2.24, 2.45) is 0 Å². The first kappa shape index (κ1) is 21.7. The number of hydrogen-bond acceptors (Lipinski definition) is 8. The maximum absolute atomic E-state index is 14.5. The second kappa shape index (κ2) is 8.36. The summed E-state index contributed by atoms with van der Waals surface area (Å²) in [5.74, 6) is 0.680. The number of aryl methyl sites for hydroxylation is 1. The number of likely N-dealkylation sites (tertiary alicyclic amines) is 1. The van der Waals surface area contributed by atoms with Crippen LogP contribution in [0.2, 0.25) is 0 Å². The van der Waals surface area contributed by atoms with Crippen LogP contribution in [0.4, 0.5) is 10.2 Å². The summed E-state index contributed by atoms with van der Waals surface area (Å²) in [5, 5.41) is 15.0. The molecule has 2 aliphatic rings. The predicted octanol–water partition coefficient (Wildman–Crippen LogP) is 2.46. The number of benzene rings is 1. The van der Waals surface area contributed by atoms with Crippen molar-refractivity contribution >= 4 is 5.82 Å². The van der Waals surface area contributed by atoms with E-state index in [0.29, 0.717) is 24.4 Å². The minimum absolute atomic E-state index is 0.132. The number of hydrogen-bond donors (Lipinski definition) is 2. The number of nitrogens with two attached hydrogens (primary N) is 1. The van der Waals surface area contributed by atoms with Crippen molar-refractivity contribution in [1.29, 1.82) is 0 Å². The molecule has 2 aliphatic heterocycles. The summed E-state index contributed by atoms with van der Waals surface area (Å²) in [6.07, 6.45) is 4.42. The van der Waals surface area contributed by atoms with Crippen LogP contribution in [-0.4, -0.2) is 69.3 Å². The lowest BCUT2D eigenvalue weighted by Gasteiger charge is -2.37. The molecule has 4 heterocycles. The lowest BCUT2D eigenvalue weighted by Crippen LogP contribution is -2.46. The first-order chi connectivity index (χ1) is 15.8. The van der Waals surface area contributed by atoms with Crippen LogP contribution in [-0.2, 0) is 10.3 Å². The van der Waals surface area contributed by atoms with E-state index in [2.05, 4.69) is 15.1 Å². The van der Waals surface area contributed by atoms with Gasteiger partial charge in [0, 0.05) is 18.7 Å². The fourth-order valence-electron chi connectivity index (χ4n) is 4.27. The molecule has 5 rings (SSSR count). The van der Waals surface area contributed by atoms with Crippen molar-refractivity contribution in [3.63, 3.8) is 0 Å². The standard InChI is InChI=1S/C23H27FN6O3/c1-14-5-15(7-16(6-14)23(31)12-32-13-23)19-9-26-21(25)22(28-19)33-17-8-27-30(10-17)20-3-4-29(2)11-18(20)24/h5-10,18,20,31H,3-4,11-13H2,1-2H3,(H2,25,26). The van der Waals surface area contributed by atoms with Gasteiger partial charge >= 0.3 is 0 Å². The molecule has 2 unspecified atom stereocenters. The Morgan fingerprint density at radius 2 is 2.09 bits per heavy atom. The Morgan fingerprint density at radius 1 is 1.27 bits per heavy atom. The number of rotatable bonds is 5. The van der Waals surface area contributed by atoms with Gasteiger partial charge < -0.3 is 25.2 Å². The number of piperidine rings is 1. The third-order valence-electron chi connectivity index (χ3n) is 6.20. The highest BCUT2D eigenvalue weighted by Crippen LogP contribution is 2.34. The number of halogens is 1. The van der Waals surface area contributed by atoms with E-state index < -0.39 is 11.8 Å². The highest BCUT2D eigenvalue weighted by molar-refractivity contribution is 5.63. The number of aromatic nitrogens is 4. The number of anilines is 1. The zero-order valence-electron chi connectivity index (χ0n) is 18.6. The molecule has 9 nitrogen and oxygen atoms in total. The molecule has 0 saturated carbocycles. The Balaban J connectivity index is 1.39. The monoisotopic (exact) mass is 454 g/mol. The van der Waals surface area contributed by atoms with E-state index in [1.165, 1.54) is 6.20 Å². The summed E-state index contributed by atoms with van der Waals surface area (Å²) in [6, 6.07) is 5.43. The molecule has 33 heavy (non-hydrogen) atoms. The molecule has 2 fully saturated rings. The van der Waals surface area contributed by atoms with E-state index in [0.717, 1.165) is 23.2 Å². The summed E-state index contributed by atoms with van der Waals surface area (Å²) in [5.41, 5.74) is 8.11. The Hall–Kier alpha value is -3.08. The molecule has 1 aromatic carbocycles. The van der Waals surface area contributed by atoms with Crippen molar-refractivity contribution in [3.05, 3.63) is 47.9 Å². The Bertz CT molecular complexity index is 1160. The molecule has 3 N–H and O–H groups in total. The number of ether oxygens (including phenoxy) is 2. The van der Waals surface area contributed by atoms with Crippen LogP contribution in [0.1, 0.15) is 23.6 Å². The molecular weight excluding hydrogens is 427 g/mol. The van der Waals surface area contributed by atoms with Gasteiger partial charge in [0.25, 0.3) is 5.88 Å². The molecule has 10 heteroatoms. The average Bonchev–Trinajstić information content (AvgIpc) is 3.21. The van der Waals surface area contributed by atoms with Crippen molar-refractivity contribution in [2.45, 2.75) is 31.2 Å². The number of nitrogens with zero attached hydrogens (tertiary/aromatic N) is 5. The molecule has 0 spiro atoms. The molecule has 2 aromatic heterocycles. The quantitative estimate of drug-likeness (QED) is 0.605. The van der Waals surface area contributed by atoms with Gasteiger partial charge in [-0.3, -0.25) is 4.68 Å². The summed E-state index contributed by atoms with van der Waals surface area (Å²) < 4.78 is 27.2. The normalized spacial score (nSPS) is 22.7. The maximum atomic E-state index is 14.5. The van der Waals surface area contributed by atoms with Crippen LogP contribution in [0.15, 0.2) is 36.8 Å². The van der Waals surface area contributed by atoms with Gasteiger partial charge in [-0.25, -0.2) is 14.4 Å². The molecule has 0 bridgehead atoms. The number of nitrogen functional groups attached to an aromatic ring is 1. The van der Waals surface area contributed by atoms with Gasteiger partial charge in [0.2, 0.25) is 0 Å². The van der Waals surface area contributed by atoms with E-state index in [4.69, 9.17) is 15.2 Å². The van der Waals surface area contributed by atoms with E-state index in [-0.39, 0.29) is 31.0 Å². The van der Waals surface area contributed by atoms with Crippen molar-refractivity contribution in [3.8, 4) is 22.9 Å². The van der Waals surface area contributed by atoms with E-state index in [9.17, 15) is 9.50 Å². The lowest BCUT2D eigenvalue weighted by atomic mass is 9.89. The van der Waals surface area contributed by atoms with E-state index in [1.807, 2.05) is 37.1 Å². The highest BCUT2D eigenvalue weighted by atomic mass is 19.1. The second-order valence-electron chi connectivity index (χ2n) is 8.95. The van der Waals surface area contributed by atoms with Gasteiger partial charge in [-0.15, -0.1) is 0 Å². The van der Waals surface area contributed by atoms with E-state index in [1.54, 1.807) is 17.1 Å². The first-order valence-corrected chi connectivity index (χ1v) is 10.9. The minimum Gasteiger partial charge on any atom is -0.433 e. The van der Waals surface area contributed by atoms with Gasteiger partial charge in [0.15, 0.2) is 11.6 Å². The predicted molar refractivity (Wildman–Crippen MR) is 120 cm³/mol. The van der Waals surface area contributed by atoms with Crippen LogP contribution in [0.3, 0.4) is 0 Å². The van der Waals surface area contributed by atoms with Crippen molar-refractivity contribution in [2.75, 3.05) is 39.1 Å². The van der Waals surface area contributed by atoms with Crippen LogP contribution >= 0.6 is 0 Å². The molecule has 3 aromatic rings. The van der Waals surface area contributed by atoms with Gasteiger partial charge in [-0.1, -0.05) is 11.6 Å². The first-order valence-electron chi connectivity index (χ1n) is 10.9. The maximum Gasteiger partial charge on any atom is 0.263 e. The second-order valence-corrected chi connectivity index (χ2v) is 8.95. The molecule has 0 aliphatic carbocycles. The molecule has 0 amide bonds. The Kier molecular flexibility index (Phi) is 5.51. The SMILES string of the molecule is Cc1cc(-c2cnc(N)c(Oc3cnn(C4CCN(C)CC4F)c3)n2)cc(C2(O)COC2)c1. The van der Waals surface area contributed by atoms with E-state index >= 15 is 0 Å². The third kappa shape index (κ3) is 4.29. The molecule has 2 atom stereocenters. The molecule has 174 valence electrons. The highest BCUT2D eigenvalue weighted by Gasteiger charge is 2.38. The van der Waals surface area contributed by atoms with Gasteiger partial charge in [-0.2, -0.15) is 5.10 Å². The zero-order chi connectivity index (χ0) is 23.2. The lowest BCUT2D eigenvalue weighted by molar-refractivity contribution is -0.184. The van der Waals surface area contributed by atoms with Crippen molar-refractivity contribution < 1.29 is 19.0 Å². The zero-order valence-corrected chi connectivity index (χ0v) is 18.6. The molecule has 2 saturated heterocycles. The van der Waals surface area contributed by atoms with Gasteiger partial charge in [0.1, 0.15) is 11.8 Å². The summed E-state index contributed by atoms with van der Waals surface area (Å²) >= 11 is 0. The number of aliphatic hydroxyl groups is 1. The summed E-state index contributed by atoms with van der Waals surface area (Å²) in [6.45, 7) is 3.66. The number of alkyl halides is 1. The Labute approximate surface area is 191 Å². The van der Waals surface area contributed by atoms with Crippen LogP contribution in [0.5, 0.6) is 11.6 Å². The molecular formula is C23H27FN6O3. The smallest absolute Gasteiger partial charge is 0.263 e. The minimum atomic E-state index is -1.00. The third-order valence-corrected chi connectivity index (χ3v) is 6.20.